The van der Waals surface area contributed by atoms with Crippen LogP contribution in [0.3, 0.4) is 0 Å². The number of hydrogen-bond donors (Lipinski definition) is 1. The summed E-state index contributed by atoms with van der Waals surface area (Å²) < 4.78 is 19.6. The minimum absolute atomic E-state index is 0.0363. The Morgan fingerprint density at radius 1 is 1.20 bits per heavy atom. The van der Waals surface area contributed by atoms with E-state index in [-0.39, 0.29) is 10.9 Å². The van der Waals surface area contributed by atoms with Crippen molar-refractivity contribution in [3.63, 3.8) is 0 Å². The number of benzene rings is 2. The monoisotopic (exact) mass is 427 g/mol. The summed E-state index contributed by atoms with van der Waals surface area (Å²) in [5, 5.41) is 2.65. The highest BCUT2D eigenvalue weighted by atomic mass is 79.9. The summed E-state index contributed by atoms with van der Waals surface area (Å²) in [6.07, 6.45) is 4.55. The fourth-order valence-electron chi connectivity index (χ4n) is 2.25. The number of carbonyl (C=O) groups is 1. The van der Waals surface area contributed by atoms with Crippen LogP contribution in [0.1, 0.15) is 43.0 Å². The van der Waals surface area contributed by atoms with Crippen LogP contribution in [-0.2, 0) is 0 Å². The molecule has 25 heavy (non-hydrogen) atoms. The number of carbonyl (C=O) groups excluding carboxylic acids is 1. The van der Waals surface area contributed by atoms with E-state index in [1.165, 1.54) is 31.0 Å². The van der Waals surface area contributed by atoms with Gasteiger partial charge in [0.15, 0.2) is 0 Å². The molecular formula is C19H20BrClFNO2. The van der Waals surface area contributed by atoms with Gasteiger partial charge in [-0.05, 0) is 58.7 Å². The topological polar surface area (TPSA) is 38.3 Å². The zero-order valence-corrected chi connectivity index (χ0v) is 16.3. The molecule has 6 heteroatoms. The van der Waals surface area contributed by atoms with Crippen LogP contribution in [-0.4, -0.2) is 12.5 Å². The van der Waals surface area contributed by atoms with Crippen molar-refractivity contribution in [3.05, 3.63) is 57.3 Å². The Kier molecular flexibility index (Phi) is 7.72. The van der Waals surface area contributed by atoms with Crippen molar-refractivity contribution < 1.29 is 13.9 Å². The standard InChI is InChI=1S/C19H20BrClFNO2/c1-2-3-4-5-10-25-18-9-6-13(11-15(18)20)19(24)23-14-7-8-17(22)16(21)12-14/h6-9,11-12H,2-5,10H2,1H3,(H,23,24). The molecule has 134 valence electrons. The summed E-state index contributed by atoms with van der Waals surface area (Å²) in [4.78, 5) is 12.3. The summed E-state index contributed by atoms with van der Waals surface area (Å²) in [5.41, 5.74) is 0.898. The van der Waals surface area contributed by atoms with Crippen LogP contribution in [0.25, 0.3) is 0 Å². The lowest BCUT2D eigenvalue weighted by atomic mass is 10.2. The summed E-state index contributed by atoms with van der Waals surface area (Å²) in [6, 6.07) is 9.19. The third-order valence-corrected chi connectivity index (χ3v) is 4.54. The van der Waals surface area contributed by atoms with E-state index < -0.39 is 5.82 Å². The lowest BCUT2D eigenvalue weighted by Gasteiger charge is -2.10. The first-order valence-corrected chi connectivity index (χ1v) is 9.37. The average molecular weight is 429 g/mol. The second-order valence-corrected chi connectivity index (χ2v) is 6.90. The highest BCUT2D eigenvalue weighted by Crippen LogP contribution is 2.27. The fraction of sp³-hybridized carbons (Fsp3) is 0.316. The molecule has 0 fully saturated rings. The van der Waals surface area contributed by atoms with Crippen LogP contribution in [0.4, 0.5) is 10.1 Å². The second-order valence-electron chi connectivity index (χ2n) is 5.64. The fourth-order valence-corrected chi connectivity index (χ4v) is 2.92. The Hall–Kier alpha value is -1.59. The van der Waals surface area contributed by atoms with Gasteiger partial charge < -0.3 is 10.1 Å². The molecule has 0 saturated carbocycles. The predicted octanol–water partition coefficient (Wildman–Crippen LogP) is 6.45. The van der Waals surface area contributed by atoms with Crippen molar-refractivity contribution in [3.8, 4) is 5.75 Å². The maximum atomic E-state index is 13.2. The van der Waals surface area contributed by atoms with E-state index in [0.717, 1.165) is 12.8 Å². The number of ether oxygens (including phenoxy) is 1. The molecule has 0 aromatic heterocycles. The smallest absolute Gasteiger partial charge is 0.255 e. The lowest BCUT2D eigenvalue weighted by Crippen LogP contribution is -2.12. The van der Waals surface area contributed by atoms with Gasteiger partial charge in [-0.1, -0.05) is 37.8 Å². The Morgan fingerprint density at radius 2 is 2.00 bits per heavy atom. The van der Waals surface area contributed by atoms with Gasteiger partial charge >= 0.3 is 0 Å². The van der Waals surface area contributed by atoms with Gasteiger partial charge in [-0.25, -0.2) is 4.39 Å². The van der Waals surface area contributed by atoms with Gasteiger partial charge in [-0.3, -0.25) is 4.79 Å². The van der Waals surface area contributed by atoms with Gasteiger partial charge in [-0.15, -0.1) is 0 Å². The molecule has 3 nitrogen and oxygen atoms in total. The zero-order valence-electron chi connectivity index (χ0n) is 14.0. The van der Waals surface area contributed by atoms with Gasteiger partial charge in [0.1, 0.15) is 11.6 Å². The third-order valence-electron chi connectivity index (χ3n) is 3.63. The van der Waals surface area contributed by atoms with E-state index in [1.807, 2.05) is 0 Å². The van der Waals surface area contributed by atoms with Crippen molar-refractivity contribution in [1.29, 1.82) is 0 Å². The van der Waals surface area contributed by atoms with Crippen LogP contribution in [0.15, 0.2) is 40.9 Å². The molecule has 0 radical (unpaired) electrons. The molecule has 0 aliphatic heterocycles. The molecule has 0 aliphatic rings. The Morgan fingerprint density at radius 3 is 2.68 bits per heavy atom. The number of unbranched alkanes of at least 4 members (excludes halogenated alkanes) is 3. The quantitative estimate of drug-likeness (QED) is 0.490. The van der Waals surface area contributed by atoms with Crippen molar-refractivity contribution in [2.24, 2.45) is 0 Å². The third kappa shape index (κ3) is 6.01. The summed E-state index contributed by atoms with van der Waals surface area (Å²) in [6.45, 7) is 2.82. The lowest BCUT2D eigenvalue weighted by molar-refractivity contribution is 0.102. The molecule has 2 aromatic rings. The summed E-state index contributed by atoms with van der Waals surface area (Å²) in [7, 11) is 0. The van der Waals surface area contributed by atoms with Crippen molar-refractivity contribution in [2.45, 2.75) is 32.6 Å². The highest BCUT2D eigenvalue weighted by Gasteiger charge is 2.11. The van der Waals surface area contributed by atoms with Gasteiger partial charge in [0.05, 0.1) is 16.1 Å². The van der Waals surface area contributed by atoms with Crippen LogP contribution >= 0.6 is 27.5 Å². The molecule has 2 aromatic carbocycles. The Bertz CT molecular complexity index is 739. The van der Waals surface area contributed by atoms with E-state index in [1.54, 1.807) is 18.2 Å². The van der Waals surface area contributed by atoms with Gasteiger partial charge in [0.25, 0.3) is 5.91 Å². The van der Waals surface area contributed by atoms with Crippen LogP contribution in [0.2, 0.25) is 5.02 Å². The van der Waals surface area contributed by atoms with Gasteiger partial charge in [0.2, 0.25) is 0 Å². The van der Waals surface area contributed by atoms with Crippen LogP contribution in [0.5, 0.6) is 5.75 Å². The number of anilines is 1. The normalized spacial score (nSPS) is 10.6. The molecule has 0 spiro atoms. The Balaban J connectivity index is 1.96. The van der Waals surface area contributed by atoms with Gasteiger partial charge in [0, 0.05) is 11.3 Å². The van der Waals surface area contributed by atoms with E-state index in [4.69, 9.17) is 16.3 Å². The maximum Gasteiger partial charge on any atom is 0.255 e. The number of rotatable bonds is 8. The molecule has 0 bridgehead atoms. The first-order chi connectivity index (χ1) is 12.0. The molecule has 0 heterocycles. The largest absolute Gasteiger partial charge is 0.492 e. The average Bonchev–Trinajstić information content (AvgIpc) is 2.59. The summed E-state index contributed by atoms with van der Waals surface area (Å²) >= 11 is 9.15. The molecular weight excluding hydrogens is 409 g/mol. The highest BCUT2D eigenvalue weighted by molar-refractivity contribution is 9.10. The van der Waals surface area contributed by atoms with E-state index in [9.17, 15) is 9.18 Å². The first kappa shape index (κ1) is 19.7. The van der Waals surface area contributed by atoms with Crippen molar-refractivity contribution in [1.82, 2.24) is 0 Å². The molecule has 1 amide bonds. The zero-order chi connectivity index (χ0) is 18.2. The first-order valence-electron chi connectivity index (χ1n) is 8.20. The molecule has 0 atom stereocenters. The van der Waals surface area contributed by atoms with E-state index >= 15 is 0 Å². The molecule has 0 aliphatic carbocycles. The number of hydrogen-bond acceptors (Lipinski definition) is 2. The van der Waals surface area contributed by atoms with Crippen molar-refractivity contribution in [2.75, 3.05) is 11.9 Å². The van der Waals surface area contributed by atoms with Crippen LogP contribution in [0, 0.1) is 5.82 Å². The molecule has 1 N–H and O–H groups in total. The second kappa shape index (κ2) is 9.78. The predicted molar refractivity (Wildman–Crippen MR) is 103 cm³/mol. The van der Waals surface area contributed by atoms with E-state index in [0.29, 0.717) is 28.1 Å². The molecule has 2 rings (SSSR count). The minimum atomic E-state index is -0.525. The van der Waals surface area contributed by atoms with Crippen molar-refractivity contribution >= 4 is 39.1 Å². The summed E-state index contributed by atoms with van der Waals surface area (Å²) in [5.74, 6) is -0.126. The number of halogens is 3. The van der Waals surface area contributed by atoms with E-state index in [2.05, 4.69) is 28.2 Å². The molecule has 0 saturated heterocycles. The molecule has 0 unspecified atom stereocenters. The SMILES string of the molecule is CCCCCCOc1ccc(C(=O)Nc2ccc(F)c(Cl)c2)cc1Br. The maximum absolute atomic E-state index is 13.2. The number of nitrogens with one attached hydrogen (secondary N) is 1. The number of amides is 1. The van der Waals surface area contributed by atoms with Crippen LogP contribution < -0.4 is 10.1 Å². The van der Waals surface area contributed by atoms with Gasteiger partial charge in [-0.2, -0.15) is 0 Å². The Labute approximate surface area is 160 Å². The minimum Gasteiger partial charge on any atom is -0.492 e.